The van der Waals surface area contributed by atoms with E-state index in [1.807, 2.05) is 13.1 Å². The predicted octanol–water partition coefficient (Wildman–Crippen LogP) is 1.34. The summed E-state index contributed by atoms with van der Waals surface area (Å²) >= 11 is 6.06. The Morgan fingerprint density at radius 2 is 2.53 bits per heavy atom. The number of aromatic nitrogens is 2. The van der Waals surface area contributed by atoms with Crippen LogP contribution in [0.4, 0.5) is 5.82 Å². The molecule has 1 fully saturated rings. The van der Waals surface area contributed by atoms with Crippen molar-refractivity contribution in [2.75, 3.05) is 12.3 Å². The van der Waals surface area contributed by atoms with Gasteiger partial charge < -0.3 is 15.6 Å². The van der Waals surface area contributed by atoms with Crippen molar-refractivity contribution in [1.82, 2.24) is 14.9 Å². The summed E-state index contributed by atoms with van der Waals surface area (Å²) in [5, 5.41) is 3.23. The normalized spacial score (nSPS) is 26.8. The molecule has 15 heavy (non-hydrogen) atoms. The largest absolute Gasteiger partial charge is 0.382 e. The van der Waals surface area contributed by atoms with Crippen LogP contribution < -0.4 is 11.1 Å². The molecule has 1 aliphatic rings. The number of anilines is 1. The van der Waals surface area contributed by atoms with E-state index in [1.54, 1.807) is 0 Å². The summed E-state index contributed by atoms with van der Waals surface area (Å²) in [6.07, 6.45) is 4.08. The Kier molecular flexibility index (Phi) is 3.17. The monoisotopic (exact) mass is 228 g/mol. The van der Waals surface area contributed by atoms with Crippen LogP contribution in [-0.2, 0) is 6.54 Å². The van der Waals surface area contributed by atoms with E-state index in [4.69, 9.17) is 17.3 Å². The third kappa shape index (κ3) is 2.63. The molecule has 2 atom stereocenters. The molecular weight excluding hydrogens is 212 g/mol. The molecule has 0 bridgehead atoms. The van der Waals surface area contributed by atoms with E-state index < -0.39 is 0 Å². The van der Waals surface area contributed by atoms with Crippen molar-refractivity contribution < 1.29 is 0 Å². The van der Waals surface area contributed by atoms with Crippen molar-refractivity contribution in [3.8, 4) is 0 Å². The van der Waals surface area contributed by atoms with Gasteiger partial charge in [-0.05, 0) is 32.2 Å². The predicted molar refractivity (Wildman–Crippen MR) is 61.7 cm³/mol. The minimum atomic E-state index is 0.116. The van der Waals surface area contributed by atoms with Crippen molar-refractivity contribution in [1.29, 1.82) is 0 Å². The lowest BCUT2D eigenvalue weighted by Gasteiger charge is -2.27. The van der Waals surface area contributed by atoms with Gasteiger partial charge >= 0.3 is 0 Å². The number of aryl methyl sites for hydroxylation is 1. The van der Waals surface area contributed by atoms with Gasteiger partial charge in [-0.25, -0.2) is 4.98 Å². The van der Waals surface area contributed by atoms with Crippen LogP contribution in [0.5, 0.6) is 0 Å². The van der Waals surface area contributed by atoms with E-state index in [0.29, 0.717) is 11.7 Å². The van der Waals surface area contributed by atoms with E-state index in [0.717, 1.165) is 25.3 Å². The second-order valence-electron chi connectivity index (χ2n) is 4.18. The van der Waals surface area contributed by atoms with Gasteiger partial charge in [0.15, 0.2) is 0 Å². The average Bonchev–Trinajstić information content (AvgIpc) is 2.45. The molecule has 0 radical (unpaired) electrons. The van der Waals surface area contributed by atoms with Crippen LogP contribution in [0.15, 0.2) is 6.20 Å². The zero-order valence-corrected chi connectivity index (χ0v) is 9.67. The average molecular weight is 229 g/mol. The molecule has 1 aromatic heterocycles. The maximum Gasteiger partial charge on any atom is 0.141 e. The second kappa shape index (κ2) is 4.41. The Morgan fingerprint density at radius 1 is 1.73 bits per heavy atom. The first kappa shape index (κ1) is 10.8. The van der Waals surface area contributed by atoms with Crippen molar-refractivity contribution in [3.05, 3.63) is 12.0 Å². The van der Waals surface area contributed by atoms with Crippen molar-refractivity contribution in [2.45, 2.75) is 31.8 Å². The molecule has 0 amide bonds. The van der Waals surface area contributed by atoms with Gasteiger partial charge in [-0.2, -0.15) is 0 Å². The molecular formula is C10H17ClN4. The van der Waals surface area contributed by atoms with Gasteiger partial charge in [-0.1, -0.05) is 0 Å². The number of hydrogen-bond acceptors (Lipinski definition) is 3. The number of hydrogen-bond donors (Lipinski definition) is 2. The standard InChI is InChI=1S/C10H17ClN4/c1-7-14-10(12)6-15(7)5-8-2-3-13-9(11)4-8/h6,8-9,13H,2-5,12H2,1H3. The molecule has 2 unspecified atom stereocenters. The molecule has 2 heterocycles. The number of nitrogens with two attached hydrogens (primary N) is 1. The number of rotatable bonds is 2. The van der Waals surface area contributed by atoms with Crippen LogP contribution in [0, 0.1) is 12.8 Å². The molecule has 0 aliphatic carbocycles. The fourth-order valence-corrected chi connectivity index (χ4v) is 2.46. The third-order valence-electron chi connectivity index (χ3n) is 2.91. The maximum atomic E-state index is 6.06. The summed E-state index contributed by atoms with van der Waals surface area (Å²) in [6, 6.07) is 0. The first-order valence-electron chi connectivity index (χ1n) is 5.32. The number of nitrogens with zero attached hydrogens (tertiary/aromatic N) is 2. The van der Waals surface area contributed by atoms with Crippen LogP contribution in [0.25, 0.3) is 0 Å². The lowest BCUT2D eigenvalue weighted by Crippen LogP contribution is -2.35. The molecule has 0 aromatic carbocycles. The Balaban J connectivity index is 1.99. The molecule has 4 nitrogen and oxygen atoms in total. The van der Waals surface area contributed by atoms with Gasteiger partial charge in [0, 0.05) is 12.7 Å². The van der Waals surface area contributed by atoms with Crippen LogP contribution in [-0.4, -0.2) is 21.6 Å². The first-order chi connectivity index (χ1) is 7.15. The highest BCUT2D eigenvalue weighted by Gasteiger charge is 2.20. The molecule has 3 N–H and O–H groups in total. The van der Waals surface area contributed by atoms with Gasteiger partial charge in [0.2, 0.25) is 0 Å². The highest BCUT2D eigenvalue weighted by atomic mass is 35.5. The molecule has 1 aromatic rings. The quantitative estimate of drug-likeness (QED) is 0.593. The lowest BCUT2D eigenvalue weighted by molar-refractivity contribution is 0.314. The molecule has 0 saturated carbocycles. The van der Waals surface area contributed by atoms with Crippen molar-refractivity contribution >= 4 is 17.4 Å². The number of nitrogens with one attached hydrogen (secondary N) is 1. The fraction of sp³-hybridized carbons (Fsp3) is 0.700. The smallest absolute Gasteiger partial charge is 0.141 e. The van der Waals surface area contributed by atoms with Crippen LogP contribution in [0.1, 0.15) is 18.7 Å². The second-order valence-corrected chi connectivity index (χ2v) is 4.70. The Bertz CT molecular complexity index is 336. The number of imidazole rings is 1. The molecule has 1 aliphatic heterocycles. The number of piperidine rings is 1. The highest BCUT2D eigenvalue weighted by molar-refractivity contribution is 6.20. The highest BCUT2D eigenvalue weighted by Crippen LogP contribution is 2.21. The van der Waals surface area contributed by atoms with Gasteiger partial charge in [0.1, 0.15) is 11.6 Å². The minimum Gasteiger partial charge on any atom is -0.382 e. The van der Waals surface area contributed by atoms with Crippen molar-refractivity contribution in [2.24, 2.45) is 5.92 Å². The summed E-state index contributed by atoms with van der Waals surface area (Å²) in [5.74, 6) is 2.21. The SMILES string of the molecule is Cc1nc(N)cn1CC1CCNC(Cl)C1. The Morgan fingerprint density at radius 3 is 3.13 bits per heavy atom. The fourth-order valence-electron chi connectivity index (χ4n) is 2.10. The van der Waals surface area contributed by atoms with Gasteiger partial charge in [-0.3, -0.25) is 0 Å². The topological polar surface area (TPSA) is 55.9 Å². The molecule has 5 heteroatoms. The minimum absolute atomic E-state index is 0.116. The summed E-state index contributed by atoms with van der Waals surface area (Å²) < 4.78 is 2.12. The lowest BCUT2D eigenvalue weighted by atomic mass is 9.98. The van der Waals surface area contributed by atoms with E-state index >= 15 is 0 Å². The first-order valence-corrected chi connectivity index (χ1v) is 5.75. The Hall–Kier alpha value is -0.740. The maximum absolute atomic E-state index is 6.06. The van der Waals surface area contributed by atoms with Crippen LogP contribution in [0.3, 0.4) is 0 Å². The third-order valence-corrected chi connectivity index (χ3v) is 3.24. The summed E-state index contributed by atoms with van der Waals surface area (Å²) in [4.78, 5) is 4.19. The summed E-state index contributed by atoms with van der Waals surface area (Å²) in [7, 11) is 0. The van der Waals surface area contributed by atoms with E-state index in [-0.39, 0.29) is 5.50 Å². The number of alkyl halides is 1. The van der Waals surface area contributed by atoms with Crippen molar-refractivity contribution in [3.63, 3.8) is 0 Å². The number of halogens is 1. The Labute approximate surface area is 94.8 Å². The molecule has 0 spiro atoms. The van der Waals surface area contributed by atoms with E-state index in [9.17, 15) is 0 Å². The van der Waals surface area contributed by atoms with Crippen LogP contribution >= 0.6 is 11.6 Å². The van der Waals surface area contributed by atoms with E-state index in [1.165, 1.54) is 6.42 Å². The molecule has 1 saturated heterocycles. The zero-order chi connectivity index (χ0) is 10.8. The zero-order valence-electron chi connectivity index (χ0n) is 8.91. The summed E-state index contributed by atoms with van der Waals surface area (Å²) in [6.45, 7) is 3.96. The van der Waals surface area contributed by atoms with Gasteiger partial charge in [0.25, 0.3) is 0 Å². The molecule has 2 rings (SSSR count). The molecule has 84 valence electrons. The number of nitrogen functional groups attached to an aromatic ring is 1. The summed E-state index contributed by atoms with van der Waals surface area (Å²) in [5.41, 5.74) is 5.76. The van der Waals surface area contributed by atoms with Crippen LogP contribution in [0.2, 0.25) is 0 Å². The van der Waals surface area contributed by atoms with E-state index in [2.05, 4.69) is 14.9 Å². The van der Waals surface area contributed by atoms with Gasteiger partial charge in [0.05, 0.1) is 5.50 Å². The van der Waals surface area contributed by atoms with Gasteiger partial charge in [-0.15, -0.1) is 11.6 Å².